The second kappa shape index (κ2) is 6.10. The smallest absolute Gasteiger partial charge is 0.317 e. The molecule has 2 rings (SSSR count). The predicted molar refractivity (Wildman–Crippen MR) is 72.2 cm³/mol. The van der Waals surface area contributed by atoms with Gasteiger partial charge in [0, 0.05) is 32.2 Å². The number of nitrogens with zero attached hydrogens (tertiary/aromatic N) is 3. The van der Waals surface area contributed by atoms with Crippen molar-refractivity contribution < 1.29 is 10.0 Å². The normalized spacial score (nSPS) is 23.8. The van der Waals surface area contributed by atoms with Crippen molar-refractivity contribution in [3.63, 3.8) is 0 Å². The molecule has 0 aromatic heterocycles. The zero-order valence-electron chi connectivity index (χ0n) is 11.4. The first-order valence-electron chi connectivity index (χ1n) is 6.88. The summed E-state index contributed by atoms with van der Waals surface area (Å²) >= 11 is 0. The molecule has 0 bridgehead atoms. The quantitative estimate of drug-likeness (QED) is 0.291. The third-order valence-electron chi connectivity index (χ3n) is 4.13. The summed E-state index contributed by atoms with van der Waals surface area (Å²) in [4.78, 5) is 15.9. The highest BCUT2D eigenvalue weighted by Crippen LogP contribution is 2.18. The monoisotopic (exact) mass is 269 g/mol. The van der Waals surface area contributed by atoms with Gasteiger partial charge in [-0.25, -0.2) is 4.79 Å². The molecule has 108 valence electrons. The second-order valence-corrected chi connectivity index (χ2v) is 5.30. The summed E-state index contributed by atoms with van der Waals surface area (Å²) in [5, 5.41) is 14.8. The number of amidine groups is 1. The highest BCUT2D eigenvalue weighted by molar-refractivity contribution is 5.84. The molecule has 7 heteroatoms. The standard InChI is InChI=1S/C12H23N5O2/c1-9(11(13)15-19)16-5-7-17(8-6-16)12(18)14-10-3-2-4-10/h9-10,19H,2-8H2,1H3,(H2,13,15)(H,14,18). The molecule has 0 aromatic rings. The van der Waals surface area contributed by atoms with Crippen LogP contribution in [0.15, 0.2) is 5.16 Å². The Balaban J connectivity index is 1.76. The van der Waals surface area contributed by atoms with Crippen LogP contribution in [0, 0.1) is 0 Å². The van der Waals surface area contributed by atoms with E-state index in [9.17, 15) is 4.79 Å². The highest BCUT2D eigenvalue weighted by Gasteiger charge is 2.27. The van der Waals surface area contributed by atoms with E-state index in [-0.39, 0.29) is 17.9 Å². The highest BCUT2D eigenvalue weighted by atomic mass is 16.4. The Morgan fingerprint density at radius 1 is 1.37 bits per heavy atom. The van der Waals surface area contributed by atoms with Gasteiger partial charge in [-0.1, -0.05) is 5.16 Å². The van der Waals surface area contributed by atoms with E-state index in [4.69, 9.17) is 10.9 Å². The van der Waals surface area contributed by atoms with Crippen LogP contribution in [0.2, 0.25) is 0 Å². The lowest BCUT2D eigenvalue weighted by Gasteiger charge is -2.38. The van der Waals surface area contributed by atoms with Crippen LogP contribution in [0.25, 0.3) is 0 Å². The molecule has 0 aromatic carbocycles. The number of urea groups is 1. The number of nitrogens with two attached hydrogens (primary N) is 1. The Morgan fingerprint density at radius 2 is 2.00 bits per heavy atom. The van der Waals surface area contributed by atoms with E-state index in [0.29, 0.717) is 19.1 Å². The Bertz CT molecular complexity index is 348. The first kappa shape index (κ1) is 13.9. The number of oxime groups is 1. The Hall–Kier alpha value is -1.50. The molecule has 2 aliphatic rings. The van der Waals surface area contributed by atoms with E-state index in [1.807, 2.05) is 11.8 Å². The largest absolute Gasteiger partial charge is 0.409 e. The van der Waals surface area contributed by atoms with Crippen molar-refractivity contribution in [2.45, 2.75) is 38.3 Å². The first-order valence-corrected chi connectivity index (χ1v) is 6.88. The van der Waals surface area contributed by atoms with Crippen LogP contribution in [0.3, 0.4) is 0 Å². The average molecular weight is 269 g/mol. The number of carbonyl (C=O) groups is 1. The molecule has 1 saturated heterocycles. The van der Waals surface area contributed by atoms with Crippen molar-refractivity contribution in [1.29, 1.82) is 0 Å². The lowest BCUT2D eigenvalue weighted by Crippen LogP contribution is -2.57. The number of hydrogen-bond donors (Lipinski definition) is 3. The van der Waals surface area contributed by atoms with Crippen LogP contribution < -0.4 is 11.1 Å². The molecular weight excluding hydrogens is 246 g/mol. The molecule has 4 N–H and O–H groups in total. The van der Waals surface area contributed by atoms with Gasteiger partial charge in [-0.2, -0.15) is 0 Å². The van der Waals surface area contributed by atoms with Crippen LogP contribution >= 0.6 is 0 Å². The van der Waals surface area contributed by atoms with E-state index < -0.39 is 0 Å². The second-order valence-electron chi connectivity index (χ2n) is 5.30. The van der Waals surface area contributed by atoms with Gasteiger partial charge < -0.3 is 21.2 Å². The van der Waals surface area contributed by atoms with Gasteiger partial charge in [0.1, 0.15) is 0 Å². The van der Waals surface area contributed by atoms with Gasteiger partial charge in [-0.3, -0.25) is 4.90 Å². The number of hydrogen-bond acceptors (Lipinski definition) is 4. The molecule has 7 nitrogen and oxygen atoms in total. The van der Waals surface area contributed by atoms with Gasteiger partial charge in [-0.15, -0.1) is 0 Å². The summed E-state index contributed by atoms with van der Waals surface area (Å²) < 4.78 is 0. The maximum atomic E-state index is 12.0. The Kier molecular flexibility index (Phi) is 4.47. The summed E-state index contributed by atoms with van der Waals surface area (Å²) in [5.41, 5.74) is 5.60. The van der Waals surface area contributed by atoms with Crippen LogP contribution in [-0.4, -0.2) is 65.1 Å². The fraction of sp³-hybridized carbons (Fsp3) is 0.833. The lowest BCUT2D eigenvalue weighted by atomic mass is 9.93. The van der Waals surface area contributed by atoms with E-state index >= 15 is 0 Å². The lowest BCUT2D eigenvalue weighted by molar-refractivity contribution is 0.125. The molecular formula is C12H23N5O2. The summed E-state index contributed by atoms with van der Waals surface area (Å²) in [5.74, 6) is 0.215. The van der Waals surface area contributed by atoms with Crippen molar-refractivity contribution in [3.8, 4) is 0 Å². The van der Waals surface area contributed by atoms with Crippen molar-refractivity contribution >= 4 is 11.9 Å². The maximum absolute atomic E-state index is 12.0. The van der Waals surface area contributed by atoms with Gasteiger partial charge in [0.2, 0.25) is 0 Å². The molecule has 1 heterocycles. The number of nitrogens with one attached hydrogen (secondary N) is 1. The van der Waals surface area contributed by atoms with Gasteiger partial charge >= 0.3 is 6.03 Å². The minimum atomic E-state index is -0.0955. The third-order valence-corrected chi connectivity index (χ3v) is 4.13. The molecule has 1 aliphatic carbocycles. The SMILES string of the molecule is CC(C(N)=NO)N1CCN(C(=O)NC2CCC2)CC1. The number of amides is 2. The number of carbonyl (C=O) groups excluding carboxylic acids is 1. The van der Waals surface area contributed by atoms with Gasteiger partial charge in [0.25, 0.3) is 0 Å². The molecule has 0 radical (unpaired) electrons. The molecule has 2 amide bonds. The van der Waals surface area contributed by atoms with Crippen molar-refractivity contribution in [3.05, 3.63) is 0 Å². The van der Waals surface area contributed by atoms with Crippen LogP contribution in [0.1, 0.15) is 26.2 Å². The van der Waals surface area contributed by atoms with Crippen molar-refractivity contribution in [1.82, 2.24) is 15.1 Å². The maximum Gasteiger partial charge on any atom is 0.317 e. The molecule has 2 fully saturated rings. The van der Waals surface area contributed by atoms with Gasteiger partial charge in [-0.05, 0) is 26.2 Å². The topological polar surface area (TPSA) is 94.2 Å². The van der Waals surface area contributed by atoms with Crippen molar-refractivity contribution in [2.75, 3.05) is 26.2 Å². The zero-order valence-corrected chi connectivity index (χ0v) is 11.4. The van der Waals surface area contributed by atoms with Gasteiger partial charge in [0.05, 0.1) is 6.04 Å². The van der Waals surface area contributed by atoms with Crippen LogP contribution in [0.5, 0.6) is 0 Å². The molecule has 1 saturated carbocycles. The van der Waals surface area contributed by atoms with E-state index in [2.05, 4.69) is 15.4 Å². The first-order chi connectivity index (χ1) is 9.11. The zero-order chi connectivity index (χ0) is 13.8. The van der Waals surface area contributed by atoms with Crippen LogP contribution in [0.4, 0.5) is 4.79 Å². The van der Waals surface area contributed by atoms with E-state index in [0.717, 1.165) is 25.9 Å². The third kappa shape index (κ3) is 3.28. The van der Waals surface area contributed by atoms with Gasteiger partial charge in [0.15, 0.2) is 5.84 Å². The Labute approximate surface area is 113 Å². The fourth-order valence-electron chi connectivity index (χ4n) is 2.40. The summed E-state index contributed by atoms with van der Waals surface area (Å²) in [6, 6.07) is 0.323. The van der Waals surface area contributed by atoms with Crippen molar-refractivity contribution in [2.24, 2.45) is 10.9 Å². The fourth-order valence-corrected chi connectivity index (χ4v) is 2.40. The molecule has 1 atom stereocenters. The van der Waals surface area contributed by atoms with E-state index in [1.165, 1.54) is 6.42 Å². The molecule has 19 heavy (non-hydrogen) atoms. The number of rotatable bonds is 3. The summed E-state index contributed by atoms with van der Waals surface area (Å²) in [7, 11) is 0. The average Bonchev–Trinajstić information content (AvgIpc) is 2.41. The minimum Gasteiger partial charge on any atom is -0.409 e. The van der Waals surface area contributed by atoms with Crippen LogP contribution in [-0.2, 0) is 0 Å². The molecule has 1 unspecified atom stereocenters. The predicted octanol–water partition coefficient (Wildman–Crippen LogP) is 0.00100. The summed E-state index contributed by atoms with van der Waals surface area (Å²) in [6.07, 6.45) is 3.43. The Morgan fingerprint density at radius 3 is 2.47 bits per heavy atom. The molecule has 0 spiro atoms. The number of piperazine rings is 1. The van der Waals surface area contributed by atoms with E-state index in [1.54, 1.807) is 0 Å². The summed E-state index contributed by atoms with van der Waals surface area (Å²) in [6.45, 7) is 4.76. The molecule has 1 aliphatic heterocycles. The minimum absolute atomic E-state index is 0.0424.